The summed E-state index contributed by atoms with van der Waals surface area (Å²) in [6, 6.07) is 11.8. The second kappa shape index (κ2) is 15.8. The quantitative estimate of drug-likeness (QED) is 0.359. The van der Waals surface area contributed by atoms with E-state index in [2.05, 4.69) is 42.7 Å². The SMILES string of the molecule is O=C(O)CN1CCN2CCN(CC(=O)O)CCN(CC1)Cc1cccc(n1)-c1c(I)nnn1Cc1cccc(n1)C2.[Lu]. The van der Waals surface area contributed by atoms with E-state index in [1.807, 2.05) is 50.9 Å². The second-order valence-corrected chi connectivity index (χ2v) is 11.4. The maximum atomic E-state index is 11.7. The van der Waals surface area contributed by atoms with Gasteiger partial charge in [0.05, 0.1) is 42.4 Å². The monoisotopic (exact) mass is 850 g/mol. The van der Waals surface area contributed by atoms with E-state index in [4.69, 9.17) is 9.97 Å². The van der Waals surface area contributed by atoms with Gasteiger partial charge in [-0.1, -0.05) is 17.3 Å². The molecule has 6 rings (SSSR count). The summed E-state index contributed by atoms with van der Waals surface area (Å²) in [4.78, 5) is 41.7. The van der Waals surface area contributed by atoms with Crippen molar-refractivity contribution < 1.29 is 56.7 Å². The first kappa shape index (κ1) is 33.1. The number of halogens is 1. The largest absolute Gasteiger partial charge is 0.480 e. The summed E-state index contributed by atoms with van der Waals surface area (Å²) in [5, 5.41) is 27.9. The Bertz CT molecular complexity index is 1340. The molecule has 0 aliphatic carbocycles. The molecule has 0 aromatic carbocycles. The van der Waals surface area contributed by atoms with Crippen LogP contribution >= 0.6 is 22.6 Å². The van der Waals surface area contributed by atoms with Crippen molar-refractivity contribution in [3.05, 3.63) is 57.2 Å². The van der Waals surface area contributed by atoms with Crippen LogP contribution in [0, 0.1) is 40.6 Å². The van der Waals surface area contributed by atoms with Crippen LogP contribution in [0.4, 0.5) is 0 Å². The number of rotatable bonds is 4. The van der Waals surface area contributed by atoms with Crippen molar-refractivity contribution in [1.29, 1.82) is 0 Å². The van der Waals surface area contributed by atoms with Gasteiger partial charge in [-0.15, -0.1) is 5.10 Å². The summed E-state index contributed by atoms with van der Waals surface area (Å²) in [6.45, 7) is 6.29. The molecule has 42 heavy (non-hydrogen) atoms. The van der Waals surface area contributed by atoms with E-state index in [0.29, 0.717) is 72.0 Å². The zero-order chi connectivity index (χ0) is 28.8. The maximum absolute atomic E-state index is 11.7. The molecule has 13 nitrogen and oxygen atoms in total. The molecule has 2 N–H and O–H groups in total. The molecule has 6 heterocycles. The number of nitrogens with zero attached hydrogens (tertiary/aromatic N) is 9. The van der Waals surface area contributed by atoms with Crippen molar-refractivity contribution in [2.24, 2.45) is 0 Å². The van der Waals surface area contributed by atoms with Gasteiger partial charge in [-0.3, -0.25) is 34.2 Å². The van der Waals surface area contributed by atoms with Crippen molar-refractivity contribution in [1.82, 2.24) is 44.6 Å². The number of carbonyl (C=O) groups is 2. The fourth-order valence-corrected chi connectivity index (χ4v) is 5.90. The Kier molecular flexibility index (Phi) is 12.4. The van der Waals surface area contributed by atoms with Gasteiger partial charge in [0.1, 0.15) is 5.69 Å². The van der Waals surface area contributed by atoms with Crippen molar-refractivity contribution >= 4 is 34.5 Å². The van der Waals surface area contributed by atoms with Crippen LogP contribution < -0.4 is 0 Å². The predicted molar refractivity (Wildman–Crippen MR) is 158 cm³/mol. The molecule has 6 bridgehead atoms. The molecule has 0 spiro atoms. The van der Waals surface area contributed by atoms with Gasteiger partial charge in [-0.25, -0.2) is 9.67 Å². The molecule has 3 aliphatic heterocycles. The molecule has 3 aliphatic rings. The molecular weight excluding hydrogens is 816 g/mol. The molecule has 233 valence electrons. The van der Waals surface area contributed by atoms with E-state index in [-0.39, 0.29) is 50.0 Å². The summed E-state index contributed by atoms with van der Waals surface area (Å²) < 4.78 is 2.60. The molecule has 3 aromatic rings. The third-order valence-electron chi connectivity index (χ3n) is 7.34. The predicted octanol–water partition coefficient (Wildman–Crippen LogP) is 0.792. The van der Waals surface area contributed by atoms with E-state index in [0.717, 1.165) is 32.2 Å². The topological polar surface area (TPSA) is 144 Å². The van der Waals surface area contributed by atoms with E-state index in [9.17, 15) is 19.8 Å². The van der Waals surface area contributed by atoms with Crippen molar-refractivity contribution in [2.45, 2.75) is 19.6 Å². The Labute approximate surface area is 287 Å². The average Bonchev–Trinajstić information content (AvgIpc) is 3.29. The van der Waals surface area contributed by atoms with Crippen LogP contribution in [0.3, 0.4) is 0 Å². The molecule has 0 saturated carbocycles. The normalized spacial score (nSPS) is 20.6. The third-order valence-corrected chi connectivity index (χ3v) is 8.07. The van der Waals surface area contributed by atoms with Crippen molar-refractivity contribution in [2.75, 3.05) is 65.4 Å². The number of carboxylic acid groups (broad SMARTS) is 2. The zero-order valence-corrected chi connectivity index (χ0v) is 26.8. The van der Waals surface area contributed by atoms with Crippen LogP contribution in [0.1, 0.15) is 17.1 Å². The van der Waals surface area contributed by atoms with Crippen LogP contribution in [-0.4, -0.2) is 132 Å². The molecule has 0 unspecified atom stereocenters. The van der Waals surface area contributed by atoms with E-state index in [1.54, 1.807) is 0 Å². The first-order valence-corrected chi connectivity index (χ1v) is 14.7. The minimum Gasteiger partial charge on any atom is -0.480 e. The fourth-order valence-electron chi connectivity index (χ4n) is 5.25. The molecule has 0 amide bonds. The van der Waals surface area contributed by atoms with Gasteiger partial charge in [0.15, 0.2) is 3.70 Å². The third kappa shape index (κ3) is 9.34. The zero-order valence-electron chi connectivity index (χ0n) is 23.0. The summed E-state index contributed by atoms with van der Waals surface area (Å²) in [5.41, 5.74) is 4.18. The number of carboxylic acids is 2. The number of fused-ring (bicyclic) bond motifs is 8. The van der Waals surface area contributed by atoms with Crippen molar-refractivity contribution in [3.8, 4) is 11.4 Å². The van der Waals surface area contributed by atoms with E-state index < -0.39 is 11.9 Å². The van der Waals surface area contributed by atoms with Gasteiger partial charge in [-0.05, 0) is 46.9 Å². The Hall–Kier alpha value is -1.82. The van der Waals surface area contributed by atoms with Crippen molar-refractivity contribution in [3.63, 3.8) is 0 Å². The maximum Gasteiger partial charge on any atom is 0.317 e. The Balaban J connectivity index is 0.00000405. The van der Waals surface area contributed by atoms with Gasteiger partial charge < -0.3 is 10.2 Å². The minimum atomic E-state index is -0.853. The molecule has 3 aromatic heterocycles. The van der Waals surface area contributed by atoms with Crippen LogP contribution in [0.2, 0.25) is 0 Å². The number of hydrogen-bond acceptors (Lipinski definition) is 10. The Morgan fingerprint density at radius 1 is 0.714 bits per heavy atom. The number of aliphatic carboxylic acids is 2. The molecule has 1 saturated heterocycles. The average molecular weight is 850 g/mol. The summed E-state index contributed by atoms with van der Waals surface area (Å²) in [6.07, 6.45) is 0. The van der Waals surface area contributed by atoms with Crippen LogP contribution in [0.25, 0.3) is 11.4 Å². The molecule has 1 fully saturated rings. The molecule has 1 radical (unpaired) electrons. The van der Waals surface area contributed by atoms with Crippen LogP contribution in [0.15, 0.2) is 36.4 Å². The van der Waals surface area contributed by atoms with E-state index in [1.165, 1.54) is 0 Å². The minimum absolute atomic E-state index is 0. The van der Waals surface area contributed by atoms with Gasteiger partial charge in [0.2, 0.25) is 0 Å². The van der Waals surface area contributed by atoms with Gasteiger partial charge in [0.25, 0.3) is 0 Å². The summed E-state index contributed by atoms with van der Waals surface area (Å²) in [7, 11) is 0. The smallest absolute Gasteiger partial charge is 0.317 e. The first-order valence-electron chi connectivity index (χ1n) is 13.7. The Morgan fingerprint density at radius 2 is 1.19 bits per heavy atom. The summed E-state index contributed by atoms with van der Waals surface area (Å²) in [5.74, 6) is -1.71. The molecule has 0 atom stereocenters. The van der Waals surface area contributed by atoms with Gasteiger partial charge >= 0.3 is 11.9 Å². The van der Waals surface area contributed by atoms with Crippen LogP contribution in [-0.2, 0) is 29.2 Å². The molecule has 15 heteroatoms. The first-order chi connectivity index (χ1) is 19.8. The molecular formula is C27H34ILuN9O4. The van der Waals surface area contributed by atoms with Gasteiger partial charge in [-0.2, -0.15) is 0 Å². The van der Waals surface area contributed by atoms with Gasteiger partial charge in [0, 0.05) is 102 Å². The second-order valence-electron chi connectivity index (χ2n) is 10.4. The fraction of sp³-hybridized carbons (Fsp3) is 0.481. The summed E-state index contributed by atoms with van der Waals surface area (Å²) >= 11 is 2.18. The number of aromatic nitrogens is 5. The Morgan fingerprint density at radius 3 is 1.71 bits per heavy atom. The number of hydrogen-bond donors (Lipinski definition) is 2. The standard InChI is InChI=1S/C27H34IN9O4.Lu/c28-27-26-23-6-2-5-21(30-23)16-34-9-13-35(18-24(38)39)11-7-33(8-12-36(14-10-34)19-25(40)41)15-20-3-1-4-22(29-20)17-37(26)32-31-27;/h1-6H,7-19H2,(H,38,39)(H,40,41);. The number of pyridine rings is 2. The van der Waals surface area contributed by atoms with E-state index >= 15 is 0 Å². The van der Waals surface area contributed by atoms with Crippen LogP contribution in [0.5, 0.6) is 0 Å².